The van der Waals surface area contributed by atoms with E-state index in [1.54, 1.807) is 30.4 Å². The van der Waals surface area contributed by atoms with Gasteiger partial charge in [0.25, 0.3) is 0 Å². The van der Waals surface area contributed by atoms with E-state index < -0.39 is 0 Å². The van der Waals surface area contributed by atoms with E-state index in [0.717, 1.165) is 77.0 Å². The molecule has 11 nitrogen and oxygen atoms in total. The molecular formula is C49H83NaO11-2. The molecule has 1 aromatic rings. The quantitative estimate of drug-likeness (QED) is 0.0156. The fourth-order valence-electron chi connectivity index (χ4n) is 6.50. The first-order chi connectivity index (χ1) is 29.3. The number of hydrogen-bond donors (Lipinski definition) is 0. The topological polar surface area (TPSA) is 129 Å². The van der Waals surface area contributed by atoms with Crippen LogP contribution in [0.15, 0.2) is 50.1 Å². The Balaban J connectivity index is 0. The second kappa shape index (κ2) is 50.9. The van der Waals surface area contributed by atoms with Gasteiger partial charge in [0.15, 0.2) is 5.75 Å². The molecule has 0 atom stereocenters. The number of ether oxygens (including phenoxy) is 3. The van der Waals surface area contributed by atoms with Crippen molar-refractivity contribution < 1.29 is 83.4 Å². The Kier molecular flexibility index (Phi) is 51.1. The first kappa shape index (κ1) is 61.3. The van der Waals surface area contributed by atoms with Gasteiger partial charge >= 0.3 is 29.6 Å². The van der Waals surface area contributed by atoms with E-state index >= 15 is 0 Å². The van der Waals surface area contributed by atoms with Crippen LogP contribution in [0.3, 0.4) is 0 Å². The molecule has 348 valence electrons. The maximum absolute atomic E-state index is 11.8. The Morgan fingerprint density at radius 1 is 0.377 bits per heavy atom. The molecule has 0 aromatic heterocycles. The molecule has 0 aliphatic carbocycles. The predicted octanol–water partition coefficient (Wildman–Crippen LogP) is 10.1. The zero-order valence-electron chi connectivity index (χ0n) is 38.5. The average Bonchev–Trinajstić information content (AvgIpc) is 3.25. The largest absolute Gasteiger partial charge is 2.00 e. The van der Waals surface area contributed by atoms with Gasteiger partial charge in [-0.1, -0.05) is 153 Å². The summed E-state index contributed by atoms with van der Waals surface area (Å²) in [7, 11) is 0. The average molecular weight is 871 g/mol. The van der Waals surface area contributed by atoms with Gasteiger partial charge in [0.1, 0.15) is 31.3 Å². The molecule has 0 N–H and O–H groups in total. The Morgan fingerprint density at radius 2 is 0.623 bits per heavy atom. The second-order valence-electron chi connectivity index (χ2n) is 15.2. The van der Waals surface area contributed by atoms with Crippen LogP contribution in [0.4, 0.5) is 0 Å². The van der Waals surface area contributed by atoms with Crippen molar-refractivity contribution in [2.45, 2.75) is 173 Å². The Morgan fingerprint density at radius 3 is 0.885 bits per heavy atom. The molecule has 0 spiro atoms. The summed E-state index contributed by atoms with van der Waals surface area (Å²) in [4.78, 5) is 42.0. The summed E-state index contributed by atoms with van der Waals surface area (Å²) in [6, 6.07) is 3.49. The molecule has 12 heteroatoms. The van der Waals surface area contributed by atoms with Gasteiger partial charge in [-0.2, -0.15) is 0 Å². The van der Waals surface area contributed by atoms with E-state index in [9.17, 15) is 4.79 Å². The third kappa shape index (κ3) is 40.7. The molecule has 0 aliphatic heterocycles. The fourth-order valence-corrected chi connectivity index (χ4v) is 6.50. The summed E-state index contributed by atoms with van der Waals surface area (Å²) >= 11 is 0. The molecule has 0 radical (unpaired) electrons. The molecule has 1 aromatic carbocycles. The van der Waals surface area contributed by atoms with Crippen molar-refractivity contribution >= 4 is 6.29 Å². The molecule has 0 unspecified atom stereocenters. The van der Waals surface area contributed by atoms with Crippen molar-refractivity contribution in [3.63, 3.8) is 0 Å². The van der Waals surface area contributed by atoms with E-state index in [1.807, 2.05) is 0 Å². The minimum atomic E-state index is 0. The van der Waals surface area contributed by atoms with Gasteiger partial charge in [-0.15, -0.1) is 37.4 Å². The maximum Gasteiger partial charge on any atom is 1.00 e. The van der Waals surface area contributed by atoms with Crippen molar-refractivity contribution in [1.82, 2.24) is 0 Å². The number of hydrogen-bond acceptors (Lipinski definition) is 10. The van der Waals surface area contributed by atoms with E-state index in [-0.39, 0.29) is 35.0 Å². The van der Waals surface area contributed by atoms with Crippen LogP contribution in [-0.2, 0) is 39.6 Å². The first-order valence-corrected chi connectivity index (χ1v) is 23.3. The Bertz CT molecular complexity index is 1050. The molecular weight excluding hydrogens is 788 g/mol. The van der Waals surface area contributed by atoms with Gasteiger partial charge in [0.05, 0.1) is 45.9 Å². The van der Waals surface area contributed by atoms with Crippen LogP contribution in [0.25, 0.3) is 0 Å². The van der Waals surface area contributed by atoms with Gasteiger partial charge in [0.2, 0.25) is 0 Å². The van der Waals surface area contributed by atoms with Crippen LogP contribution >= 0.6 is 0 Å². The van der Waals surface area contributed by atoms with E-state index in [1.165, 1.54) is 96.3 Å². The zero-order valence-corrected chi connectivity index (χ0v) is 40.5. The molecule has 0 saturated heterocycles. The van der Waals surface area contributed by atoms with E-state index in [4.69, 9.17) is 43.5 Å². The third-order valence-corrected chi connectivity index (χ3v) is 9.82. The van der Waals surface area contributed by atoms with Crippen molar-refractivity contribution in [3.05, 3.63) is 55.7 Å². The number of benzene rings is 1. The van der Waals surface area contributed by atoms with Crippen LogP contribution in [0.1, 0.15) is 179 Å². The summed E-state index contributed by atoms with van der Waals surface area (Å²) in [5.41, 5.74) is 0.419. The van der Waals surface area contributed by atoms with Gasteiger partial charge < -0.3 is 24.5 Å². The Hall–Kier alpha value is -1.77. The molecule has 0 aliphatic rings. The minimum Gasteiger partial charge on any atom is -2.00 e. The van der Waals surface area contributed by atoms with Crippen LogP contribution in [0, 0.1) is 0 Å². The summed E-state index contributed by atoms with van der Waals surface area (Å²) in [6.45, 7) is 15.8. The molecule has 0 amide bonds. The zero-order chi connectivity index (χ0) is 42.4. The first-order valence-electron chi connectivity index (χ1n) is 23.3. The van der Waals surface area contributed by atoms with Crippen LogP contribution in [0.5, 0.6) is 17.2 Å². The summed E-state index contributed by atoms with van der Waals surface area (Å²) < 4.78 is 18.9. The van der Waals surface area contributed by atoms with Gasteiger partial charge in [-0.25, -0.2) is 29.3 Å². The normalized spacial score (nSPS) is 10.8. The maximum atomic E-state index is 11.8. The van der Waals surface area contributed by atoms with Gasteiger partial charge in [0, 0.05) is 0 Å². The van der Waals surface area contributed by atoms with Crippen molar-refractivity contribution in [1.29, 1.82) is 0 Å². The second-order valence-corrected chi connectivity index (χ2v) is 15.2. The number of unbranched alkanes of at least 4 members (excludes halogenated alkanes) is 24. The summed E-state index contributed by atoms with van der Waals surface area (Å²) in [5, 5.41) is 0. The standard InChI is InChI=1S/C49H83O10.Na.O/c1-4-34-54-57-40-31-25-19-13-7-10-16-22-28-37-51-47-43-46(45-50)44-48(52-38-29-23-17-11-8-14-20-26-32-41-58-55-35-5-2)49(47)53-39-30-24-18-12-9-15-21-27-33-42-59-56-36-6-3;;/h4-6,43-44H,1-3,7-42H2;;/q-1;+1;-2. The minimum absolute atomic E-state index is 0. The van der Waals surface area contributed by atoms with Crippen molar-refractivity contribution in [2.75, 3.05) is 59.5 Å². The van der Waals surface area contributed by atoms with Crippen LogP contribution < -0.4 is 43.8 Å². The Labute approximate surface area is 393 Å². The monoisotopic (exact) mass is 871 g/mol. The van der Waals surface area contributed by atoms with Gasteiger partial charge in [-0.05, 0) is 38.5 Å². The SMILES string of the molecule is C=CCOOCCCCCCCCCCCOc1cc([C-]=O)cc(OCCCCCCCCCCCOOCC=C)c1OCCCCCCCCCCCOOCC=C.[Na+].[O-2]. The number of carbonyl (C=O) groups excluding carboxylic acids is 1. The van der Waals surface area contributed by atoms with Crippen LogP contribution in [0.2, 0.25) is 0 Å². The summed E-state index contributed by atoms with van der Waals surface area (Å²) in [6.07, 6.45) is 38.2. The fraction of sp³-hybridized carbons (Fsp3) is 0.735. The molecule has 0 bridgehead atoms. The molecule has 0 saturated carbocycles. The van der Waals surface area contributed by atoms with Crippen molar-refractivity contribution in [3.8, 4) is 17.2 Å². The van der Waals surface area contributed by atoms with Crippen LogP contribution in [-0.4, -0.2) is 65.7 Å². The van der Waals surface area contributed by atoms with E-state index in [0.29, 0.717) is 82.3 Å². The van der Waals surface area contributed by atoms with Gasteiger partial charge in [-0.3, -0.25) is 0 Å². The molecule has 0 heterocycles. The third-order valence-electron chi connectivity index (χ3n) is 9.82. The van der Waals surface area contributed by atoms with E-state index in [2.05, 4.69) is 26.0 Å². The smallest absolute Gasteiger partial charge is 1.00 e. The summed E-state index contributed by atoms with van der Waals surface area (Å²) in [5.74, 6) is 1.76. The molecule has 1 rings (SSSR count). The molecule has 0 fully saturated rings. The van der Waals surface area contributed by atoms with Crippen molar-refractivity contribution in [2.24, 2.45) is 0 Å². The molecule has 61 heavy (non-hydrogen) atoms. The predicted molar refractivity (Wildman–Crippen MR) is 239 cm³/mol. The number of rotatable bonds is 49.